The van der Waals surface area contributed by atoms with Gasteiger partial charge in [0.05, 0.1) is 11.7 Å². The molecule has 0 fully saturated rings. The predicted octanol–water partition coefficient (Wildman–Crippen LogP) is 1.81. The first-order valence-corrected chi connectivity index (χ1v) is 6.07. The summed E-state index contributed by atoms with van der Waals surface area (Å²) in [5, 5.41) is 10.3. The van der Waals surface area contributed by atoms with Crippen molar-refractivity contribution in [2.45, 2.75) is 6.92 Å². The highest BCUT2D eigenvalue weighted by atomic mass is 16.2. The van der Waals surface area contributed by atoms with Crippen LogP contribution in [0.15, 0.2) is 41.5 Å². The zero-order valence-electron chi connectivity index (χ0n) is 10.7. The third kappa shape index (κ3) is 2.18. The maximum atomic E-state index is 12.1. The number of hydrogen-bond acceptors (Lipinski definition) is 3. The molecule has 0 saturated heterocycles. The molecule has 0 unspecified atom stereocenters. The van der Waals surface area contributed by atoms with Gasteiger partial charge in [0.1, 0.15) is 5.56 Å². The molecule has 2 heterocycles. The fourth-order valence-electron chi connectivity index (χ4n) is 1.97. The van der Waals surface area contributed by atoms with Crippen LogP contribution in [0.1, 0.15) is 16.1 Å². The molecule has 6 heteroatoms. The van der Waals surface area contributed by atoms with Crippen molar-refractivity contribution in [2.24, 2.45) is 0 Å². The number of aromatic nitrogens is 3. The van der Waals surface area contributed by atoms with Gasteiger partial charge in [-0.2, -0.15) is 5.10 Å². The van der Waals surface area contributed by atoms with Gasteiger partial charge in [-0.15, -0.1) is 0 Å². The van der Waals surface area contributed by atoms with E-state index in [2.05, 4.69) is 20.5 Å². The molecule has 0 saturated carbocycles. The molecule has 3 aromatic rings. The largest absolute Gasteiger partial charge is 0.364 e. The van der Waals surface area contributed by atoms with E-state index in [0.29, 0.717) is 11.4 Å². The second-order valence-corrected chi connectivity index (χ2v) is 4.52. The molecule has 0 aliphatic heterocycles. The normalized spacial score (nSPS) is 10.7. The van der Waals surface area contributed by atoms with E-state index in [-0.39, 0.29) is 11.0 Å². The fraction of sp³-hybridized carbons (Fsp3) is 0.0714. The number of carbonyl (C=O) groups excluding carboxylic acids is 1. The average Bonchev–Trinajstić information content (AvgIpc) is 2.85. The van der Waals surface area contributed by atoms with E-state index in [1.807, 2.05) is 6.07 Å². The Morgan fingerprint density at radius 2 is 2.15 bits per heavy atom. The molecule has 20 heavy (non-hydrogen) atoms. The van der Waals surface area contributed by atoms with Gasteiger partial charge in [-0.3, -0.25) is 14.7 Å². The van der Waals surface area contributed by atoms with Crippen molar-refractivity contribution in [3.8, 4) is 0 Å². The van der Waals surface area contributed by atoms with Gasteiger partial charge in [-0.25, -0.2) is 0 Å². The predicted molar refractivity (Wildman–Crippen MR) is 75.8 cm³/mol. The van der Waals surface area contributed by atoms with Gasteiger partial charge in [0.2, 0.25) is 0 Å². The molecule has 3 rings (SSSR count). The Hall–Kier alpha value is -2.89. The van der Waals surface area contributed by atoms with Crippen LogP contribution in [0.25, 0.3) is 10.9 Å². The number of amides is 1. The van der Waals surface area contributed by atoms with Gasteiger partial charge in [0.15, 0.2) is 5.43 Å². The Morgan fingerprint density at radius 3 is 2.95 bits per heavy atom. The van der Waals surface area contributed by atoms with Crippen molar-refractivity contribution in [3.05, 3.63) is 58.1 Å². The number of fused-ring (bicyclic) bond motifs is 1. The van der Waals surface area contributed by atoms with Gasteiger partial charge in [0, 0.05) is 29.0 Å². The summed E-state index contributed by atoms with van der Waals surface area (Å²) in [4.78, 5) is 26.7. The Bertz CT molecular complexity index is 848. The molecule has 2 aromatic heterocycles. The Balaban J connectivity index is 1.89. The quantitative estimate of drug-likeness (QED) is 0.662. The first kappa shape index (κ1) is 12.2. The molecule has 6 nitrogen and oxygen atoms in total. The number of benzene rings is 1. The SMILES string of the molecule is Cc1cc(=O)c(C(=O)Nc2ccc3[nH]ncc3c2)c[nH]1. The number of H-pyrrole nitrogens is 2. The highest BCUT2D eigenvalue weighted by Crippen LogP contribution is 2.17. The second-order valence-electron chi connectivity index (χ2n) is 4.52. The molecule has 100 valence electrons. The molecule has 0 aliphatic rings. The number of nitrogens with one attached hydrogen (secondary N) is 3. The Kier molecular flexibility index (Phi) is 2.83. The smallest absolute Gasteiger partial charge is 0.261 e. The van der Waals surface area contributed by atoms with Crippen molar-refractivity contribution in [3.63, 3.8) is 0 Å². The summed E-state index contributed by atoms with van der Waals surface area (Å²) >= 11 is 0. The number of nitrogens with zero attached hydrogens (tertiary/aromatic N) is 1. The summed E-state index contributed by atoms with van der Waals surface area (Å²) in [5.41, 5.74) is 2.00. The lowest BCUT2D eigenvalue weighted by atomic mass is 10.2. The fourth-order valence-corrected chi connectivity index (χ4v) is 1.97. The topological polar surface area (TPSA) is 90.6 Å². The van der Waals surface area contributed by atoms with Gasteiger partial charge < -0.3 is 10.3 Å². The number of aryl methyl sites for hydroxylation is 1. The third-order valence-electron chi connectivity index (χ3n) is 3.00. The van der Waals surface area contributed by atoms with Gasteiger partial charge in [0.25, 0.3) is 5.91 Å². The number of anilines is 1. The van der Waals surface area contributed by atoms with E-state index >= 15 is 0 Å². The molecule has 0 bridgehead atoms. The number of pyridine rings is 1. The van der Waals surface area contributed by atoms with E-state index in [9.17, 15) is 9.59 Å². The number of carbonyl (C=O) groups is 1. The van der Waals surface area contributed by atoms with E-state index in [4.69, 9.17) is 0 Å². The Morgan fingerprint density at radius 1 is 1.30 bits per heavy atom. The lowest BCUT2D eigenvalue weighted by Crippen LogP contribution is -2.21. The maximum absolute atomic E-state index is 12.1. The van der Waals surface area contributed by atoms with E-state index in [1.165, 1.54) is 12.3 Å². The third-order valence-corrected chi connectivity index (χ3v) is 3.00. The number of hydrogen-bond donors (Lipinski definition) is 3. The summed E-state index contributed by atoms with van der Waals surface area (Å²) in [5.74, 6) is -0.436. The lowest BCUT2D eigenvalue weighted by molar-refractivity contribution is 0.102. The van der Waals surface area contributed by atoms with Gasteiger partial charge >= 0.3 is 0 Å². The van der Waals surface area contributed by atoms with Crippen LogP contribution in [0.2, 0.25) is 0 Å². The van der Waals surface area contributed by atoms with Crippen LogP contribution in [0.4, 0.5) is 5.69 Å². The summed E-state index contributed by atoms with van der Waals surface area (Å²) in [6.07, 6.45) is 3.09. The minimum atomic E-state index is -0.436. The van der Waals surface area contributed by atoms with Gasteiger partial charge in [-0.1, -0.05) is 0 Å². The molecule has 1 aromatic carbocycles. The van der Waals surface area contributed by atoms with Crippen LogP contribution in [-0.4, -0.2) is 21.1 Å². The highest BCUT2D eigenvalue weighted by Gasteiger charge is 2.10. The summed E-state index contributed by atoms with van der Waals surface area (Å²) in [6.45, 7) is 1.76. The first-order valence-electron chi connectivity index (χ1n) is 6.07. The zero-order chi connectivity index (χ0) is 14.1. The van der Waals surface area contributed by atoms with Crippen LogP contribution in [0, 0.1) is 6.92 Å². The Labute approximate surface area is 113 Å². The van der Waals surface area contributed by atoms with Crippen LogP contribution in [0.3, 0.4) is 0 Å². The average molecular weight is 268 g/mol. The molecule has 1 amide bonds. The van der Waals surface area contributed by atoms with Crippen LogP contribution >= 0.6 is 0 Å². The van der Waals surface area contributed by atoms with Crippen molar-refractivity contribution >= 4 is 22.5 Å². The van der Waals surface area contributed by atoms with Crippen LogP contribution in [0.5, 0.6) is 0 Å². The zero-order valence-corrected chi connectivity index (χ0v) is 10.7. The van der Waals surface area contributed by atoms with E-state index in [0.717, 1.165) is 10.9 Å². The van der Waals surface area contributed by atoms with Gasteiger partial charge in [-0.05, 0) is 25.1 Å². The lowest BCUT2D eigenvalue weighted by Gasteiger charge is -2.05. The molecule has 3 N–H and O–H groups in total. The highest BCUT2D eigenvalue weighted by molar-refractivity contribution is 6.04. The molecular weight excluding hydrogens is 256 g/mol. The monoisotopic (exact) mass is 268 g/mol. The minimum Gasteiger partial charge on any atom is -0.364 e. The molecule has 0 radical (unpaired) electrons. The van der Waals surface area contributed by atoms with Crippen molar-refractivity contribution in [1.82, 2.24) is 15.2 Å². The number of aromatic amines is 2. The summed E-state index contributed by atoms with van der Waals surface area (Å²) < 4.78 is 0. The van der Waals surface area contributed by atoms with E-state index in [1.54, 1.807) is 25.3 Å². The summed E-state index contributed by atoms with van der Waals surface area (Å²) in [6, 6.07) is 6.76. The maximum Gasteiger partial charge on any atom is 0.261 e. The minimum absolute atomic E-state index is 0.0860. The van der Waals surface area contributed by atoms with Crippen LogP contribution in [-0.2, 0) is 0 Å². The molecule has 0 aliphatic carbocycles. The standard InChI is InChI=1S/C14H12N4O2/c1-8-4-13(19)11(7-15-8)14(20)17-10-2-3-12-9(5-10)6-16-18-12/h2-7H,1H3,(H,15,19)(H,16,18)(H,17,20). The molecular formula is C14H12N4O2. The van der Waals surface area contributed by atoms with Crippen molar-refractivity contribution in [1.29, 1.82) is 0 Å². The van der Waals surface area contributed by atoms with E-state index < -0.39 is 5.91 Å². The molecule has 0 spiro atoms. The first-order chi connectivity index (χ1) is 9.63. The second kappa shape index (κ2) is 4.65. The summed E-state index contributed by atoms with van der Waals surface area (Å²) in [7, 11) is 0. The van der Waals surface area contributed by atoms with Crippen molar-refractivity contribution < 1.29 is 4.79 Å². The number of rotatable bonds is 2. The molecule has 0 atom stereocenters. The van der Waals surface area contributed by atoms with Crippen LogP contribution < -0.4 is 10.7 Å². The van der Waals surface area contributed by atoms with Crippen molar-refractivity contribution in [2.75, 3.05) is 5.32 Å².